The summed E-state index contributed by atoms with van der Waals surface area (Å²) < 4.78 is 6.40. The second-order valence-electron chi connectivity index (χ2n) is 8.65. The summed E-state index contributed by atoms with van der Waals surface area (Å²) in [6.45, 7) is 5.18. The van der Waals surface area contributed by atoms with Crippen LogP contribution in [-0.2, 0) is 0 Å². The van der Waals surface area contributed by atoms with Gasteiger partial charge in [-0.15, -0.1) is 0 Å². The van der Waals surface area contributed by atoms with E-state index in [0.717, 1.165) is 22.4 Å². The van der Waals surface area contributed by atoms with Gasteiger partial charge in [0, 0.05) is 43.3 Å². The van der Waals surface area contributed by atoms with Crippen molar-refractivity contribution in [1.29, 1.82) is 0 Å². The first-order valence-electron chi connectivity index (χ1n) is 10.7. The van der Waals surface area contributed by atoms with E-state index in [-0.39, 0.29) is 11.7 Å². The standard InChI is InChI=1S/C25H25N3O3/c1-16-12-20-22(29)15-25(31-23(20)13-17(16)2)7-10-28(11-8-25)24(30)19-5-3-4-18(14-19)21-6-9-26-27-21/h3-6,9,12-14H,7-8,10-11,15H2,1-2H3,(H,26,27). The van der Waals surface area contributed by atoms with Gasteiger partial charge in [0.1, 0.15) is 11.4 Å². The number of aromatic nitrogens is 2. The molecule has 0 saturated carbocycles. The van der Waals surface area contributed by atoms with Gasteiger partial charge in [-0.1, -0.05) is 12.1 Å². The van der Waals surface area contributed by atoms with Crippen molar-refractivity contribution in [3.63, 3.8) is 0 Å². The molecule has 0 atom stereocenters. The van der Waals surface area contributed by atoms with Crippen molar-refractivity contribution in [2.75, 3.05) is 13.1 Å². The molecule has 6 nitrogen and oxygen atoms in total. The number of carbonyl (C=O) groups is 2. The quantitative estimate of drug-likeness (QED) is 0.676. The summed E-state index contributed by atoms with van der Waals surface area (Å²) in [7, 11) is 0. The molecular weight excluding hydrogens is 390 g/mol. The molecule has 6 heteroatoms. The minimum absolute atomic E-state index is 0.00115. The number of aromatic amines is 1. The molecule has 1 spiro atoms. The van der Waals surface area contributed by atoms with Gasteiger partial charge in [-0.25, -0.2) is 0 Å². The van der Waals surface area contributed by atoms with E-state index in [1.807, 2.05) is 61.2 Å². The number of hydrogen-bond donors (Lipinski definition) is 1. The number of benzene rings is 2. The Balaban J connectivity index is 1.31. The molecule has 0 bridgehead atoms. The lowest BCUT2D eigenvalue weighted by molar-refractivity contribution is -0.00575. The van der Waals surface area contributed by atoms with Crippen molar-refractivity contribution in [3.05, 3.63) is 70.9 Å². The molecule has 3 aromatic rings. The van der Waals surface area contributed by atoms with Gasteiger partial charge in [-0.2, -0.15) is 5.10 Å². The Kier molecular flexibility index (Phi) is 4.65. The van der Waals surface area contributed by atoms with Crippen molar-refractivity contribution in [1.82, 2.24) is 15.1 Å². The Morgan fingerprint density at radius 3 is 2.61 bits per heavy atom. The zero-order valence-corrected chi connectivity index (χ0v) is 17.8. The normalized spacial score (nSPS) is 17.4. The molecule has 31 heavy (non-hydrogen) atoms. The maximum absolute atomic E-state index is 13.1. The molecule has 1 aromatic heterocycles. The first-order valence-corrected chi connectivity index (χ1v) is 10.7. The molecule has 2 aliphatic heterocycles. The Bertz CT molecular complexity index is 1160. The van der Waals surface area contributed by atoms with Crippen molar-refractivity contribution < 1.29 is 14.3 Å². The highest BCUT2D eigenvalue weighted by Crippen LogP contribution is 2.40. The lowest BCUT2D eigenvalue weighted by atomic mass is 9.81. The average Bonchev–Trinajstić information content (AvgIpc) is 3.31. The third kappa shape index (κ3) is 3.52. The largest absolute Gasteiger partial charge is 0.486 e. The molecule has 0 radical (unpaired) electrons. The van der Waals surface area contributed by atoms with E-state index in [9.17, 15) is 9.59 Å². The number of H-pyrrole nitrogens is 1. The number of rotatable bonds is 2. The zero-order valence-electron chi connectivity index (χ0n) is 17.8. The first-order chi connectivity index (χ1) is 14.9. The number of amides is 1. The molecule has 1 saturated heterocycles. The predicted octanol–water partition coefficient (Wildman–Crippen LogP) is 4.33. The lowest BCUT2D eigenvalue weighted by Crippen LogP contribution is -2.52. The van der Waals surface area contributed by atoms with Crippen molar-refractivity contribution in [2.24, 2.45) is 0 Å². The SMILES string of the molecule is Cc1cc2c(cc1C)C(=O)CC1(CCN(C(=O)c3cccc(-c4cc[nH]n4)c3)CC1)O2. The number of carbonyl (C=O) groups excluding carboxylic acids is 2. The molecule has 3 heterocycles. The minimum Gasteiger partial charge on any atom is -0.486 e. The summed E-state index contributed by atoms with van der Waals surface area (Å²) in [5.41, 5.74) is 4.75. The fraction of sp³-hybridized carbons (Fsp3) is 0.320. The molecule has 5 rings (SSSR count). The highest BCUT2D eigenvalue weighted by molar-refractivity contribution is 6.01. The van der Waals surface area contributed by atoms with Crippen LogP contribution in [0.2, 0.25) is 0 Å². The van der Waals surface area contributed by atoms with Crippen LogP contribution >= 0.6 is 0 Å². The topological polar surface area (TPSA) is 75.3 Å². The maximum Gasteiger partial charge on any atom is 0.253 e. The van der Waals surface area contributed by atoms with E-state index in [2.05, 4.69) is 10.2 Å². The highest BCUT2D eigenvalue weighted by atomic mass is 16.5. The monoisotopic (exact) mass is 415 g/mol. The summed E-state index contributed by atoms with van der Waals surface area (Å²) >= 11 is 0. The maximum atomic E-state index is 13.1. The summed E-state index contributed by atoms with van der Waals surface area (Å²) in [5, 5.41) is 7.00. The van der Waals surface area contributed by atoms with Gasteiger partial charge in [0.05, 0.1) is 17.7 Å². The van der Waals surface area contributed by atoms with E-state index < -0.39 is 5.60 Å². The zero-order chi connectivity index (χ0) is 21.6. The number of aryl methyl sites for hydroxylation is 2. The Morgan fingerprint density at radius 2 is 1.87 bits per heavy atom. The third-order valence-corrected chi connectivity index (χ3v) is 6.57. The molecule has 158 valence electrons. The van der Waals surface area contributed by atoms with Gasteiger partial charge in [-0.05, 0) is 55.3 Å². The van der Waals surface area contributed by atoms with Gasteiger partial charge in [0.2, 0.25) is 0 Å². The van der Waals surface area contributed by atoms with Gasteiger partial charge >= 0.3 is 0 Å². The Labute approximate surface area is 181 Å². The average molecular weight is 415 g/mol. The summed E-state index contributed by atoms with van der Waals surface area (Å²) in [6.07, 6.45) is 3.44. The smallest absolute Gasteiger partial charge is 0.253 e. The summed E-state index contributed by atoms with van der Waals surface area (Å²) in [6, 6.07) is 13.3. The van der Waals surface area contributed by atoms with E-state index >= 15 is 0 Å². The number of likely N-dealkylation sites (tertiary alicyclic amines) is 1. The molecule has 2 aliphatic rings. The number of Topliss-reactive ketones (excluding diaryl/α,β-unsaturated/α-hetero) is 1. The van der Waals surface area contributed by atoms with Crippen molar-refractivity contribution in [2.45, 2.75) is 38.7 Å². The van der Waals surface area contributed by atoms with Crippen LogP contribution in [-0.4, -0.2) is 45.5 Å². The minimum atomic E-state index is -0.514. The van der Waals surface area contributed by atoms with Crippen molar-refractivity contribution >= 4 is 11.7 Å². The number of nitrogens with one attached hydrogen (secondary N) is 1. The van der Waals surface area contributed by atoms with E-state index in [4.69, 9.17) is 4.74 Å². The highest BCUT2D eigenvalue weighted by Gasteiger charge is 2.43. The van der Waals surface area contributed by atoms with Crippen LogP contribution < -0.4 is 4.74 Å². The Hall–Kier alpha value is -3.41. The van der Waals surface area contributed by atoms with Crippen LogP contribution in [0.15, 0.2) is 48.7 Å². The van der Waals surface area contributed by atoms with Gasteiger partial charge in [-0.3, -0.25) is 14.7 Å². The first kappa shape index (κ1) is 19.5. The number of fused-ring (bicyclic) bond motifs is 1. The van der Waals surface area contributed by atoms with E-state index in [0.29, 0.717) is 49.2 Å². The van der Waals surface area contributed by atoms with Crippen LogP contribution in [0.1, 0.15) is 51.1 Å². The van der Waals surface area contributed by atoms with E-state index in [1.54, 1.807) is 6.20 Å². The molecule has 0 aliphatic carbocycles. The molecule has 1 fully saturated rings. The fourth-order valence-corrected chi connectivity index (χ4v) is 4.56. The second-order valence-corrected chi connectivity index (χ2v) is 8.65. The van der Waals surface area contributed by atoms with Gasteiger partial charge < -0.3 is 9.64 Å². The predicted molar refractivity (Wildman–Crippen MR) is 117 cm³/mol. The van der Waals surface area contributed by atoms with Gasteiger partial charge in [0.15, 0.2) is 5.78 Å². The number of piperidine rings is 1. The molecular formula is C25H25N3O3. The van der Waals surface area contributed by atoms with Crippen LogP contribution in [0.5, 0.6) is 5.75 Å². The lowest BCUT2D eigenvalue weighted by Gasteiger charge is -2.44. The molecule has 0 unspecified atom stereocenters. The fourth-order valence-electron chi connectivity index (χ4n) is 4.56. The van der Waals surface area contributed by atoms with Crippen molar-refractivity contribution in [3.8, 4) is 17.0 Å². The number of hydrogen-bond acceptors (Lipinski definition) is 4. The van der Waals surface area contributed by atoms with E-state index in [1.165, 1.54) is 0 Å². The summed E-state index contributed by atoms with van der Waals surface area (Å²) in [5.74, 6) is 0.822. The van der Waals surface area contributed by atoms with Crippen LogP contribution in [0, 0.1) is 13.8 Å². The summed E-state index contributed by atoms with van der Waals surface area (Å²) in [4.78, 5) is 27.8. The third-order valence-electron chi connectivity index (χ3n) is 6.57. The molecule has 1 amide bonds. The Morgan fingerprint density at radius 1 is 1.10 bits per heavy atom. The molecule has 2 aromatic carbocycles. The number of ketones is 1. The van der Waals surface area contributed by atoms with Crippen LogP contribution in [0.25, 0.3) is 11.3 Å². The van der Waals surface area contributed by atoms with Crippen LogP contribution in [0.3, 0.4) is 0 Å². The number of ether oxygens (including phenoxy) is 1. The van der Waals surface area contributed by atoms with Gasteiger partial charge in [0.25, 0.3) is 5.91 Å². The number of nitrogens with zero attached hydrogens (tertiary/aromatic N) is 2. The molecule has 1 N–H and O–H groups in total. The van der Waals surface area contributed by atoms with Crippen LogP contribution in [0.4, 0.5) is 0 Å². The second kappa shape index (κ2) is 7.38.